The highest BCUT2D eigenvalue weighted by atomic mass is 32.1. The van der Waals surface area contributed by atoms with Crippen LogP contribution in [0.1, 0.15) is 31.2 Å². The summed E-state index contributed by atoms with van der Waals surface area (Å²) in [4.78, 5) is 19.2. The van der Waals surface area contributed by atoms with E-state index in [0.717, 1.165) is 50.3 Å². The number of benzene rings is 1. The molecule has 4 heterocycles. The monoisotopic (exact) mass is 414 g/mol. The van der Waals surface area contributed by atoms with Gasteiger partial charge >= 0.3 is 0 Å². The minimum Gasteiger partial charge on any atom is -0.376 e. The maximum atomic E-state index is 12.6. The Morgan fingerprint density at radius 1 is 1.26 bits per heavy atom. The number of anilines is 1. The summed E-state index contributed by atoms with van der Waals surface area (Å²) in [7, 11) is 0. The summed E-state index contributed by atoms with van der Waals surface area (Å²) in [5.74, 6) is -0.0923. The summed E-state index contributed by atoms with van der Waals surface area (Å²) < 4.78 is 14.0. The van der Waals surface area contributed by atoms with Crippen molar-refractivity contribution in [3.8, 4) is 0 Å². The lowest BCUT2D eigenvalue weighted by Crippen LogP contribution is -2.16. The summed E-state index contributed by atoms with van der Waals surface area (Å²) in [6, 6.07) is 6.10. The highest BCUT2D eigenvalue weighted by Gasteiger charge is 2.21. The first-order chi connectivity index (χ1) is 13.3. The smallest absolute Gasteiger partial charge is 0.258 e. The summed E-state index contributed by atoms with van der Waals surface area (Å²) in [6.45, 7) is 1.28. The van der Waals surface area contributed by atoms with Crippen molar-refractivity contribution in [3.05, 3.63) is 56.2 Å². The first-order valence-electron chi connectivity index (χ1n) is 8.40. The lowest BCUT2D eigenvalue weighted by atomic mass is 10.1. The van der Waals surface area contributed by atoms with E-state index in [1.807, 2.05) is 17.6 Å². The van der Waals surface area contributed by atoms with Crippen LogP contribution in [-0.4, -0.2) is 26.2 Å². The average Bonchev–Trinajstić information content (AvgIpc) is 3.40. The quantitative estimate of drug-likeness (QED) is 0.543. The van der Waals surface area contributed by atoms with Gasteiger partial charge in [-0.2, -0.15) is 8.75 Å². The fourth-order valence-electron chi connectivity index (χ4n) is 3.10. The van der Waals surface area contributed by atoms with Gasteiger partial charge in [0.1, 0.15) is 11.0 Å². The molecule has 1 aliphatic heterocycles. The van der Waals surface area contributed by atoms with Crippen LogP contribution in [0.5, 0.6) is 0 Å². The number of nitrogens with zero attached hydrogens (tertiary/aromatic N) is 3. The van der Waals surface area contributed by atoms with Crippen molar-refractivity contribution >= 4 is 56.5 Å². The van der Waals surface area contributed by atoms with Gasteiger partial charge in [0, 0.05) is 27.8 Å². The predicted octanol–water partition coefficient (Wildman–Crippen LogP) is 4.13. The number of thiophene rings is 1. The standard InChI is InChI=1S/C18H14N4O2S3/c23-17(13-9-25-16-8-24-4-3-12(13)16)20-18-19-7-11(26-18)5-10-1-2-14-15(6-10)22-27-21-14/h1-2,6-7,9H,3-5,8H2,(H,19,20,23). The average molecular weight is 415 g/mol. The maximum absolute atomic E-state index is 12.6. The van der Waals surface area contributed by atoms with Crippen molar-refractivity contribution in [3.63, 3.8) is 0 Å². The zero-order valence-corrected chi connectivity index (χ0v) is 16.5. The Balaban J connectivity index is 1.30. The van der Waals surface area contributed by atoms with Gasteiger partial charge in [-0.15, -0.1) is 22.7 Å². The molecule has 6 nitrogen and oxygen atoms in total. The molecule has 0 spiro atoms. The van der Waals surface area contributed by atoms with Gasteiger partial charge < -0.3 is 4.74 Å². The molecule has 4 aromatic rings. The molecule has 1 aliphatic rings. The van der Waals surface area contributed by atoms with Gasteiger partial charge in [0.2, 0.25) is 0 Å². The van der Waals surface area contributed by atoms with Crippen LogP contribution in [0.25, 0.3) is 11.0 Å². The molecule has 27 heavy (non-hydrogen) atoms. The Morgan fingerprint density at radius 3 is 3.15 bits per heavy atom. The number of thiazole rings is 1. The van der Waals surface area contributed by atoms with Crippen molar-refractivity contribution in [2.75, 3.05) is 11.9 Å². The topological polar surface area (TPSA) is 77.0 Å². The molecule has 9 heteroatoms. The number of aromatic nitrogens is 3. The van der Waals surface area contributed by atoms with Crippen LogP contribution in [0.2, 0.25) is 0 Å². The Kier molecular flexibility index (Phi) is 4.44. The first kappa shape index (κ1) is 16.9. The number of rotatable bonds is 4. The van der Waals surface area contributed by atoms with Crippen molar-refractivity contribution in [1.29, 1.82) is 0 Å². The van der Waals surface area contributed by atoms with Gasteiger partial charge in [-0.05, 0) is 29.7 Å². The van der Waals surface area contributed by atoms with Gasteiger partial charge in [0.15, 0.2) is 5.13 Å². The normalized spacial score (nSPS) is 13.6. The lowest BCUT2D eigenvalue weighted by Gasteiger charge is -2.13. The number of amides is 1. The number of ether oxygens (including phenoxy) is 1. The molecule has 0 unspecified atom stereocenters. The molecule has 5 rings (SSSR count). The number of hydrogen-bond donors (Lipinski definition) is 1. The molecule has 0 aliphatic carbocycles. The Morgan fingerprint density at radius 2 is 2.19 bits per heavy atom. The fourth-order valence-corrected chi connectivity index (χ4v) is 5.47. The minimum absolute atomic E-state index is 0.0923. The largest absolute Gasteiger partial charge is 0.376 e. The lowest BCUT2D eigenvalue weighted by molar-refractivity contribution is 0.101. The molecular formula is C18H14N4O2S3. The van der Waals surface area contributed by atoms with Crippen LogP contribution in [0.4, 0.5) is 5.13 Å². The Labute approximate surface area is 167 Å². The zero-order chi connectivity index (χ0) is 18.2. The van der Waals surface area contributed by atoms with Gasteiger partial charge in [0.05, 0.1) is 30.5 Å². The van der Waals surface area contributed by atoms with E-state index in [4.69, 9.17) is 4.74 Å². The molecule has 136 valence electrons. The fraction of sp³-hybridized carbons (Fsp3) is 0.222. The van der Waals surface area contributed by atoms with Gasteiger partial charge in [-0.3, -0.25) is 10.1 Å². The first-order valence-corrected chi connectivity index (χ1v) is 10.8. The minimum atomic E-state index is -0.0923. The third-order valence-electron chi connectivity index (χ3n) is 4.43. The molecule has 0 atom stereocenters. The molecule has 0 fully saturated rings. The molecule has 0 bridgehead atoms. The number of hydrogen-bond acceptors (Lipinski definition) is 8. The molecular weight excluding hydrogens is 400 g/mol. The second-order valence-corrected chi connectivity index (χ2v) is 8.81. The molecule has 0 radical (unpaired) electrons. The van der Waals surface area contributed by atoms with Crippen molar-refractivity contribution < 1.29 is 9.53 Å². The van der Waals surface area contributed by atoms with Gasteiger partial charge in [-0.25, -0.2) is 4.98 Å². The zero-order valence-electron chi connectivity index (χ0n) is 14.1. The second-order valence-electron chi connectivity index (χ2n) is 6.20. The van der Waals surface area contributed by atoms with E-state index in [1.54, 1.807) is 11.3 Å². The third kappa shape index (κ3) is 3.39. The van der Waals surface area contributed by atoms with Crippen LogP contribution in [0, 0.1) is 0 Å². The van der Waals surface area contributed by atoms with E-state index in [-0.39, 0.29) is 5.91 Å². The number of carbonyl (C=O) groups is 1. The highest BCUT2D eigenvalue weighted by Crippen LogP contribution is 2.29. The van der Waals surface area contributed by atoms with E-state index in [0.29, 0.717) is 18.3 Å². The number of nitrogens with one attached hydrogen (secondary N) is 1. The third-order valence-corrected chi connectivity index (χ3v) is 6.90. The maximum Gasteiger partial charge on any atom is 0.258 e. The summed E-state index contributed by atoms with van der Waals surface area (Å²) in [5.41, 5.74) is 4.86. The summed E-state index contributed by atoms with van der Waals surface area (Å²) in [6.07, 6.45) is 3.37. The SMILES string of the molecule is O=C(Nc1ncc(Cc2ccc3nsnc3c2)s1)c1csc2c1CCOC2. The summed E-state index contributed by atoms with van der Waals surface area (Å²) >= 11 is 4.31. The van der Waals surface area contributed by atoms with Crippen LogP contribution in [0.15, 0.2) is 29.8 Å². The van der Waals surface area contributed by atoms with Crippen LogP contribution < -0.4 is 5.32 Å². The van der Waals surface area contributed by atoms with Crippen LogP contribution in [0.3, 0.4) is 0 Å². The van der Waals surface area contributed by atoms with E-state index < -0.39 is 0 Å². The molecule has 0 saturated heterocycles. The van der Waals surface area contributed by atoms with Crippen molar-refractivity contribution in [1.82, 2.24) is 13.7 Å². The number of carbonyl (C=O) groups excluding carboxylic acids is 1. The Bertz CT molecular complexity index is 1130. The molecule has 1 aromatic carbocycles. The Hall–Kier alpha value is -2.20. The van der Waals surface area contributed by atoms with Gasteiger partial charge in [0.25, 0.3) is 5.91 Å². The van der Waals surface area contributed by atoms with E-state index in [1.165, 1.54) is 23.1 Å². The van der Waals surface area contributed by atoms with E-state index in [2.05, 4.69) is 31.2 Å². The highest BCUT2D eigenvalue weighted by molar-refractivity contribution is 7.15. The molecule has 1 N–H and O–H groups in total. The van der Waals surface area contributed by atoms with E-state index in [9.17, 15) is 4.79 Å². The van der Waals surface area contributed by atoms with Gasteiger partial charge in [-0.1, -0.05) is 6.07 Å². The molecule has 1 amide bonds. The predicted molar refractivity (Wildman–Crippen MR) is 108 cm³/mol. The van der Waals surface area contributed by atoms with Crippen molar-refractivity contribution in [2.45, 2.75) is 19.4 Å². The van der Waals surface area contributed by atoms with Crippen molar-refractivity contribution in [2.24, 2.45) is 0 Å². The van der Waals surface area contributed by atoms with Crippen LogP contribution >= 0.6 is 34.4 Å². The van der Waals surface area contributed by atoms with Crippen LogP contribution in [-0.2, 0) is 24.2 Å². The van der Waals surface area contributed by atoms with E-state index >= 15 is 0 Å². The number of fused-ring (bicyclic) bond motifs is 2. The summed E-state index contributed by atoms with van der Waals surface area (Å²) in [5, 5.41) is 5.48. The molecule has 3 aromatic heterocycles. The molecule has 0 saturated carbocycles. The second kappa shape index (κ2) is 7.08.